The van der Waals surface area contributed by atoms with Crippen LogP contribution in [-0.4, -0.2) is 65.3 Å². The number of carbonyl (C=O) groups is 2. The number of hydrogen-bond acceptors (Lipinski definition) is 3. The van der Waals surface area contributed by atoms with Gasteiger partial charge in [0.25, 0.3) is 0 Å². The van der Waals surface area contributed by atoms with Crippen LogP contribution in [0.2, 0.25) is 0 Å². The minimum Gasteiger partial charge on any atom is -0.340 e. The molecule has 5 nitrogen and oxygen atoms in total. The molecule has 2 amide bonds. The van der Waals surface area contributed by atoms with Crippen LogP contribution in [0.1, 0.15) is 32.8 Å². The summed E-state index contributed by atoms with van der Waals surface area (Å²) in [7, 11) is 0. The number of hydrogen-bond donors (Lipinski definition) is 0. The van der Waals surface area contributed by atoms with Gasteiger partial charge in [0.15, 0.2) is 0 Å². The van der Waals surface area contributed by atoms with E-state index >= 15 is 0 Å². The van der Waals surface area contributed by atoms with E-state index in [0.29, 0.717) is 13.0 Å². The summed E-state index contributed by atoms with van der Waals surface area (Å²) in [5.74, 6) is 0.187. The largest absolute Gasteiger partial charge is 0.340 e. The highest BCUT2D eigenvalue weighted by atomic mass is 16.2. The van der Waals surface area contributed by atoms with Crippen LogP contribution in [-0.2, 0) is 16.1 Å². The molecule has 0 radical (unpaired) electrons. The van der Waals surface area contributed by atoms with Gasteiger partial charge in [0, 0.05) is 58.7 Å². The van der Waals surface area contributed by atoms with E-state index in [1.54, 1.807) is 11.8 Å². The molecule has 0 aliphatic carbocycles. The van der Waals surface area contributed by atoms with Crippen LogP contribution < -0.4 is 0 Å². The Kier molecular flexibility index (Phi) is 6.79. The summed E-state index contributed by atoms with van der Waals surface area (Å²) in [6.07, 6.45) is 0.413. The second-order valence-corrected chi connectivity index (χ2v) is 6.70. The van der Waals surface area contributed by atoms with Gasteiger partial charge >= 0.3 is 0 Å². The molecule has 132 valence electrons. The first-order chi connectivity index (χ1) is 11.5. The molecule has 0 spiro atoms. The Morgan fingerprint density at radius 3 is 2.25 bits per heavy atom. The highest BCUT2D eigenvalue weighted by Gasteiger charge is 2.22. The average Bonchev–Trinajstić information content (AvgIpc) is 2.56. The first-order valence-electron chi connectivity index (χ1n) is 8.78. The number of amides is 2. The topological polar surface area (TPSA) is 43.9 Å². The molecule has 0 N–H and O–H groups in total. The first-order valence-corrected chi connectivity index (χ1v) is 8.78. The van der Waals surface area contributed by atoms with Crippen molar-refractivity contribution in [1.82, 2.24) is 14.7 Å². The average molecular weight is 331 g/mol. The van der Waals surface area contributed by atoms with E-state index in [0.717, 1.165) is 32.7 Å². The van der Waals surface area contributed by atoms with Gasteiger partial charge in [-0.15, -0.1) is 0 Å². The van der Waals surface area contributed by atoms with Gasteiger partial charge in [-0.05, 0) is 19.4 Å². The van der Waals surface area contributed by atoms with Gasteiger partial charge in [-0.25, -0.2) is 0 Å². The van der Waals surface area contributed by atoms with Gasteiger partial charge in [-0.2, -0.15) is 0 Å². The lowest BCUT2D eigenvalue weighted by Crippen LogP contribution is -2.49. The summed E-state index contributed by atoms with van der Waals surface area (Å²) in [6.45, 7) is 10.3. The van der Waals surface area contributed by atoms with Gasteiger partial charge in [0.2, 0.25) is 11.8 Å². The number of carbonyl (C=O) groups excluding carboxylic acids is 2. The SMILES string of the molecule is CC(=O)N(CCC(=O)N1CCN(Cc2ccccc2)CC1)C(C)C. The van der Waals surface area contributed by atoms with E-state index in [1.165, 1.54) is 5.56 Å². The molecule has 5 heteroatoms. The molecular weight excluding hydrogens is 302 g/mol. The Labute approximate surface area is 145 Å². The summed E-state index contributed by atoms with van der Waals surface area (Å²) >= 11 is 0. The van der Waals surface area contributed by atoms with E-state index in [9.17, 15) is 9.59 Å². The van der Waals surface area contributed by atoms with E-state index in [4.69, 9.17) is 0 Å². The van der Waals surface area contributed by atoms with Crippen LogP contribution in [0.3, 0.4) is 0 Å². The predicted molar refractivity (Wildman–Crippen MR) is 95.4 cm³/mol. The molecule has 1 aromatic carbocycles. The highest BCUT2D eigenvalue weighted by Crippen LogP contribution is 2.10. The fourth-order valence-electron chi connectivity index (χ4n) is 3.15. The minimum atomic E-state index is 0.0329. The van der Waals surface area contributed by atoms with E-state index in [1.807, 2.05) is 24.8 Å². The zero-order chi connectivity index (χ0) is 17.5. The van der Waals surface area contributed by atoms with Crippen LogP contribution >= 0.6 is 0 Å². The lowest BCUT2D eigenvalue weighted by Gasteiger charge is -2.35. The summed E-state index contributed by atoms with van der Waals surface area (Å²) in [5.41, 5.74) is 1.31. The van der Waals surface area contributed by atoms with Crippen molar-refractivity contribution in [2.24, 2.45) is 0 Å². The van der Waals surface area contributed by atoms with Gasteiger partial charge in [-0.3, -0.25) is 14.5 Å². The van der Waals surface area contributed by atoms with Crippen molar-refractivity contribution in [2.75, 3.05) is 32.7 Å². The predicted octanol–water partition coefficient (Wildman–Crippen LogP) is 1.98. The molecule has 0 unspecified atom stereocenters. The molecular formula is C19H29N3O2. The Bertz CT molecular complexity index is 537. The van der Waals surface area contributed by atoms with Crippen molar-refractivity contribution in [2.45, 2.75) is 39.8 Å². The quantitative estimate of drug-likeness (QED) is 0.800. The number of benzene rings is 1. The van der Waals surface area contributed by atoms with Gasteiger partial charge in [0.1, 0.15) is 0 Å². The Morgan fingerprint density at radius 1 is 1.08 bits per heavy atom. The van der Waals surface area contributed by atoms with Crippen molar-refractivity contribution in [1.29, 1.82) is 0 Å². The molecule has 24 heavy (non-hydrogen) atoms. The van der Waals surface area contributed by atoms with Crippen LogP contribution in [0.4, 0.5) is 0 Å². The normalized spacial score (nSPS) is 15.6. The second-order valence-electron chi connectivity index (χ2n) is 6.70. The van der Waals surface area contributed by atoms with Crippen LogP contribution in [0, 0.1) is 0 Å². The lowest BCUT2D eigenvalue weighted by molar-refractivity contribution is -0.135. The highest BCUT2D eigenvalue weighted by molar-refractivity contribution is 5.78. The zero-order valence-electron chi connectivity index (χ0n) is 15.1. The van der Waals surface area contributed by atoms with Gasteiger partial charge in [0.05, 0.1) is 0 Å². The van der Waals surface area contributed by atoms with Crippen LogP contribution in [0.15, 0.2) is 30.3 Å². The number of nitrogens with zero attached hydrogens (tertiary/aromatic N) is 3. The lowest BCUT2D eigenvalue weighted by atomic mass is 10.2. The van der Waals surface area contributed by atoms with Crippen molar-refractivity contribution in [3.63, 3.8) is 0 Å². The van der Waals surface area contributed by atoms with Gasteiger partial charge in [-0.1, -0.05) is 30.3 Å². The molecule has 1 aliphatic heterocycles. The van der Waals surface area contributed by atoms with Gasteiger partial charge < -0.3 is 9.80 Å². The van der Waals surface area contributed by atoms with Crippen LogP contribution in [0.25, 0.3) is 0 Å². The molecule has 0 aromatic heterocycles. The van der Waals surface area contributed by atoms with E-state index < -0.39 is 0 Å². The standard InChI is InChI=1S/C19H29N3O2/c1-16(2)22(17(3)23)10-9-19(24)21-13-11-20(12-14-21)15-18-7-5-4-6-8-18/h4-8,16H,9-15H2,1-3H3. The third-order valence-electron chi connectivity index (χ3n) is 4.57. The molecule has 0 bridgehead atoms. The molecule has 1 saturated heterocycles. The van der Waals surface area contributed by atoms with Crippen LogP contribution in [0.5, 0.6) is 0 Å². The fraction of sp³-hybridized carbons (Fsp3) is 0.579. The third kappa shape index (κ3) is 5.34. The first kappa shape index (κ1) is 18.5. The summed E-state index contributed by atoms with van der Waals surface area (Å²) in [4.78, 5) is 30.0. The number of piperazine rings is 1. The van der Waals surface area contributed by atoms with Crippen molar-refractivity contribution in [3.8, 4) is 0 Å². The summed E-state index contributed by atoms with van der Waals surface area (Å²) in [5, 5.41) is 0. The summed E-state index contributed by atoms with van der Waals surface area (Å²) in [6, 6.07) is 10.6. The maximum Gasteiger partial charge on any atom is 0.224 e. The van der Waals surface area contributed by atoms with E-state index in [-0.39, 0.29) is 17.9 Å². The molecule has 1 aliphatic rings. The van der Waals surface area contributed by atoms with E-state index in [2.05, 4.69) is 29.2 Å². The molecule has 0 saturated carbocycles. The smallest absolute Gasteiger partial charge is 0.224 e. The minimum absolute atomic E-state index is 0.0329. The third-order valence-corrected chi connectivity index (χ3v) is 4.57. The zero-order valence-corrected chi connectivity index (χ0v) is 15.1. The molecule has 1 heterocycles. The maximum absolute atomic E-state index is 12.4. The van der Waals surface area contributed by atoms with Crippen molar-refractivity contribution >= 4 is 11.8 Å². The molecule has 1 fully saturated rings. The summed E-state index contributed by atoms with van der Waals surface area (Å²) < 4.78 is 0. The molecule has 2 rings (SSSR count). The van der Waals surface area contributed by atoms with Crippen molar-refractivity contribution < 1.29 is 9.59 Å². The Morgan fingerprint density at radius 2 is 1.71 bits per heavy atom. The fourth-order valence-corrected chi connectivity index (χ4v) is 3.15. The maximum atomic E-state index is 12.4. The Balaban J connectivity index is 1.75. The monoisotopic (exact) mass is 331 g/mol. The molecule has 0 atom stereocenters. The number of rotatable bonds is 6. The molecule has 1 aromatic rings. The second kappa shape index (κ2) is 8.83. The Hall–Kier alpha value is -1.88. The van der Waals surface area contributed by atoms with Crippen molar-refractivity contribution in [3.05, 3.63) is 35.9 Å².